The molecule has 0 radical (unpaired) electrons. The zero-order chi connectivity index (χ0) is 15.1. The summed E-state index contributed by atoms with van der Waals surface area (Å²) in [5, 5.41) is 4.07. The van der Waals surface area contributed by atoms with Crippen LogP contribution in [0.3, 0.4) is 0 Å². The number of rotatable bonds is 4. The van der Waals surface area contributed by atoms with E-state index in [0.29, 0.717) is 17.2 Å². The van der Waals surface area contributed by atoms with E-state index in [1.165, 1.54) is 23.7 Å². The quantitative estimate of drug-likeness (QED) is 0.801. The highest BCUT2D eigenvalue weighted by atomic mass is 16.1. The summed E-state index contributed by atoms with van der Waals surface area (Å²) in [4.78, 5) is 24.9. The van der Waals surface area contributed by atoms with Gasteiger partial charge in [-0.1, -0.05) is 26.2 Å². The molecule has 22 heavy (non-hydrogen) atoms. The number of hydrogen-bond acceptors (Lipinski definition) is 4. The second kappa shape index (κ2) is 5.23. The van der Waals surface area contributed by atoms with Crippen LogP contribution in [0.2, 0.25) is 0 Å². The Labute approximate surface area is 127 Å². The van der Waals surface area contributed by atoms with Gasteiger partial charge in [-0.15, -0.1) is 0 Å². The fourth-order valence-electron chi connectivity index (χ4n) is 3.40. The molecular weight excluding hydrogens is 280 g/mol. The lowest BCUT2D eigenvalue weighted by Gasteiger charge is -2.07. The first-order valence-corrected chi connectivity index (χ1v) is 8.11. The van der Waals surface area contributed by atoms with E-state index in [1.54, 1.807) is 0 Å². The van der Waals surface area contributed by atoms with Gasteiger partial charge in [0, 0.05) is 12.5 Å². The summed E-state index contributed by atoms with van der Waals surface area (Å²) < 4.78 is 3.39. The molecule has 3 aromatic heterocycles. The minimum atomic E-state index is -0.160. The third-order valence-electron chi connectivity index (χ3n) is 4.61. The van der Waals surface area contributed by atoms with Gasteiger partial charge < -0.3 is 4.98 Å². The average molecular weight is 300 g/mol. The third-order valence-corrected chi connectivity index (χ3v) is 4.61. The molecule has 0 aliphatic heterocycles. The van der Waals surface area contributed by atoms with Crippen LogP contribution in [0.4, 0.5) is 0 Å². The summed E-state index contributed by atoms with van der Waals surface area (Å²) in [5.41, 5.74) is 1.11. The van der Waals surface area contributed by atoms with Gasteiger partial charge in [0.25, 0.3) is 0 Å². The Bertz CT molecular complexity index is 867. The lowest BCUT2D eigenvalue weighted by molar-refractivity contribution is 0.638. The van der Waals surface area contributed by atoms with Crippen molar-refractivity contribution in [3.8, 4) is 0 Å². The third kappa shape index (κ3) is 1.95. The number of H-pyrrole nitrogens is 1. The van der Waals surface area contributed by atoms with Gasteiger partial charge >= 0.3 is 5.56 Å². The molecule has 3 aromatic rings. The van der Waals surface area contributed by atoms with E-state index in [1.807, 2.05) is 4.57 Å². The van der Waals surface area contributed by atoms with Crippen LogP contribution in [0.25, 0.3) is 16.9 Å². The summed E-state index contributed by atoms with van der Waals surface area (Å²) >= 11 is 0. The molecule has 3 heterocycles. The Balaban J connectivity index is 1.96. The highest BCUT2D eigenvalue weighted by molar-refractivity contribution is 5.72. The van der Waals surface area contributed by atoms with E-state index in [0.717, 1.165) is 43.7 Å². The summed E-state index contributed by atoms with van der Waals surface area (Å²) in [6.07, 6.45) is 8.31. The topological polar surface area (TPSA) is 80.9 Å². The minimum Gasteiger partial charge on any atom is -0.336 e. The van der Waals surface area contributed by atoms with Gasteiger partial charge in [0.1, 0.15) is 12.2 Å². The molecule has 1 aliphatic carbocycles. The van der Waals surface area contributed by atoms with Crippen LogP contribution < -0.4 is 5.56 Å². The smallest absolute Gasteiger partial charge is 0.301 e. The highest BCUT2D eigenvalue weighted by Crippen LogP contribution is 2.33. The minimum absolute atomic E-state index is 0.160. The monoisotopic (exact) mass is 300 g/mol. The van der Waals surface area contributed by atoms with Gasteiger partial charge in [-0.05, 0) is 19.3 Å². The Kier molecular flexibility index (Phi) is 3.20. The van der Waals surface area contributed by atoms with E-state index in [4.69, 9.17) is 4.98 Å². The highest BCUT2D eigenvalue weighted by Gasteiger charge is 2.23. The van der Waals surface area contributed by atoms with E-state index >= 15 is 0 Å². The maximum atomic E-state index is 12.6. The largest absolute Gasteiger partial charge is 0.336 e. The first kappa shape index (κ1) is 13.5. The zero-order valence-electron chi connectivity index (χ0n) is 12.7. The Hall–Kier alpha value is -2.18. The van der Waals surface area contributed by atoms with Gasteiger partial charge in [0.05, 0.1) is 0 Å². The molecule has 0 saturated heterocycles. The molecule has 1 fully saturated rings. The van der Waals surface area contributed by atoms with Crippen molar-refractivity contribution in [1.29, 1.82) is 0 Å². The normalized spacial score (nSPS) is 16.2. The number of nitrogens with one attached hydrogen (secondary N) is 1. The van der Waals surface area contributed by atoms with Crippen LogP contribution in [0.15, 0.2) is 11.1 Å². The molecule has 4 rings (SSSR count). The number of fused-ring (bicyclic) bond motifs is 2. The molecule has 1 aliphatic rings. The van der Waals surface area contributed by atoms with Gasteiger partial charge in [0.15, 0.2) is 11.2 Å². The molecule has 0 unspecified atom stereocenters. The molecule has 0 spiro atoms. The molecule has 7 nitrogen and oxygen atoms in total. The number of imidazole rings is 1. The van der Waals surface area contributed by atoms with Crippen molar-refractivity contribution in [3.63, 3.8) is 0 Å². The number of aromatic amines is 1. The lowest BCUT2D eigenvalue weighted by atomic mass is 10.1. The van der Waals surface area contributed by atoms with Crippen LogP contribution in [0.1, 0.15) is 57.2 Å². The molecule has 0 amide bonds. The molecular formula is C15H20N6O. The van der Waals surface area contributed by atoms with Crippen molar-refractivity contribution in [2.45, 2.75) is 57.9 Å². The maximum absolute atomic E-state index is 12.6. The zero-order valence-corrected chi connectivity index (χ0v) is 12.7. The van der Waals surface area contributed by atoms with Crippen LogP contribution in [0.5, 0.6) is 0 Å². The van der Waals surface area contributed by atoms with E-state index in [-0.39, 0.29) is 5.56 Å². The molecule has 0 atom stereocenters. The lowest BCUT2D eigenvalue weighted by Crippen LogP contribution is -2.20. The van der Waals surface area contributed by atoms with Crippen molar-refractivity contribution < 1.29 is 0 Å². The van der Waals surface area contributed by atoms with Crippen LogP contribution >= 0.6 is 0 Å². The van der Waals surface area contributed by atoms with Gasteiger partial charge in [0.2, 0.25) is 5.78 Å². The fourth-order valence-corrected chi connectivity index (χ4v) is 3.40. The maximum Gasteiger partial charge on any atom is 0.301 e. The first-order valence-electron chi connectivity index (χ1n) is 8.11. The van der Waals surface area contributed by atoms with Crippen molar-refractivity contribution in [2.24, 2.45) is 0 Å². The molecule has 116 valence electrons. The predicted molar refractivity (Wildman–Crippen MR) is 83.0 cm³/mol. The molecule has 1 saturated carbocycles. The van der Waals surface area contributed by atoms with Gasteiger partial charge in [-0.3, -0.25) is 9.36 Å². The van der Waals surface area contributed by atoms with Crippen molar-refractivity contribution >= 4 is 16.9 Å². The Morgan fingerprint density at radius 2 is 2.18 bits per heavy atom. The SMILES string of the molecule is CCCCn1c2nc(C3CCCC3)[nH]c2c(=O)n2ncnc12. The first-order chi connectivity index (χ1) is 10.8. The molecule has 0 bridgehead atoms. The second-order valence-corrected chi connectivity index (χ2v) is 6.08. The summed E-state index contributed by atoms with van der Waals surface area (Å²) in [6.45, 7) is 2.94. The second-order valence-electron chi connectivity index (χ2n) is 6.08. The number of aromatic nitrogens is 6. The molecule has 7 heteroatoms. The summed E-state index contributed by atoms with van der Waals surface area (Å²) in [6, 6.07) is 0. The van der Waals surface area contributed by atoms with Crippen LogP contribution in [-0.4, -0.2) is 29.1 Å². The van der Waals surface area contributed by atoms with Crippen molar-refractivity contribution in [3.05, 3.63) is 22.5 Å². The van der Waals surface area contributed by atoms with Crippen molar-refractivity contribution in [2.75, 3.05) is 0 Å². The Morgan fingerprint density at radius 1 is 1.36 bits per heavy atom. The fraction of sp³-hybridized carbons (Fsp3) is 0.600. The van der Waals surface area contributed by atoms with E-state index < -0.39 is 0 Å². The van der Waals surface area contributed by atoms with E-state index in [9.17, 15) is 4.79 Å². The molecule has 1 N–H and O–H groups in total. The van der Waals surface area contributed by atoms with Gasteiger partial charge in [-0.25, -0.2) is 4.98 Å². The van der Waals surface area contributed by atoms with Crippen LogP contribution in [0, 0.1) is 0 Å². The Morgan fingerprint density at radius 3 is 2.95 bits per heavy atom. The number of aryl methyl sites for hydroxylation is 1. The summed E-state index contributed by atoms with van der Waals surface area (Å²) in [7, 11) is 0. The number of nitrogens with zero attached hydrogens (tertiary/aromatic N) is 5. The van der Waals surface area contributed by atoms with Crippen LogP contribution in [-0.2, 0) is 6.54 Å². The standard InChI is InChI=1S/C15H20N6O/c1-2-3-8-20-13-11(14(22)21-15(20)16-9-17-21)18-12(19-13)10-6-4-5-7-10/h9-10H,2-8H2,1H3,(H,18,19). The number of hydrogen-bond donors (Lipinski definition) is 1. The summed E-state index contributed by atoms with van der Waals surface area (Å²) in [5.74, 6) is 1.98. The number of unbranched alkanes of at least 4 members (excludes halogenated alkanes) is 1. The van der Waals surface area contributed by atoms with Gasteiger partial charge in [-0.2, -0.15) is 14.6 Å². The molecule has 0 aromatic carbocycles. The average Bonchev–Trinajstić information content (AvgIpc) is 3.26. The predicted octanol–water partition coefficient (Wildman–Crippen LogP) is 2.22. The van der Waals surface area contributed by atoms with E-state index in [2.05, 4.69) is 22.0 Å². The van der Waals surface area contributed by atoms with Crippen molar-refractivity contribution in [1.82, 2.24) is 29.1 Å².